The van der Waals surface area contributed by atoms with Gasteiger partial charge in [-0.2, -0.15) is 0 Å². The second kappa shape index (κ2) is 16.7. The van der Waals surface area contributed by atoms with E-state index in [0.717, 1.165) is 24.9 Å². The summed E-state index contributed by atoms with van der Waals surface area (Å²) in [4.78, 5) is 48.7. The second-order valence-electron chi connectivity index (χ2n) is 5.61. The van der Waals surface area contributed by atoms with Crippen LogP contribution in [0.2, 0.25) is 0 Å². The molecule has 8 heteroatoms. The minimum Gasteiger partial charge on any atom is -0.550 e. The fourth-order valence-electron chi connectivity index (χ4n) is 2.28. The molecule has 7 nitrogen and oxygen atoms in total. The van der Waals surface area contributed by atoms with Crippen LogP contribution in [0.25, 0.3) is 0 Å². The van der Waals surface area contributed by atoms with Gasteiger partial charge in [0.1, 0.15) is 6.04 Å². The Morgan fingerprint density at radius 2 is 1.37 bits per heavy atom. The van der Waals surface area contributed by atoms with Crippen molar-refractivity contribution in [2.75, 3.05) is 7.11 Å². The molecule has 0 bridgehead atoms. The molecule has 0 fully saturated rings. The first-order valence-corrected chi connectivity index (χ1v) is 8.81. The molecular weight excluding hydrogens is 361 g/mol. The number of methoxy groups -OCH3 is 1. The molecule has 0 radical (unpaired) electrons. The number of allylic oxidation sites excluding steroid dienone is 4. The minimum atomic E-state index is -1.54. The molecule has 0 heterocycles. The van der Waals surface area contributed by atoms with Gasteiger partial charge in [0.05, 0.1) is 7.11 Å². The number of amides is 2. The Kier molecular flexibility index (Phi) is 17.2. The number of ether oxygens (including phenoxy) is 1. The van der Waals surface area contributed by atoms with E-state index >= 15 is 0 Å². The van der Waals surface area contributed by atoms with Crippen molar-refractivity contribution in [3.05, 3.63) is 24.3 Å². The maximum atomic E-state index is 12.5. The van der Waals surface area contributed by atoms with E-state index in [1.165, 1.54) is 0 Å². The van der Waals surface area contributed by atoms with Crippen LogP contribution in [0, 0.1) is 0 Å². The van der Waals surface area contributed by atoms with Gasteiger partial charge < -0.3 is 14.6 Å². The van der Waals surface area contributed by atoms with Crippen molar-refractivity contribution in [3.63, 3.8) is 0 Å². The smallest absolute Gasteiger partial charge is 0.550 e. The molecule has 0 aromatic heterocycles. The Bertz CT molecular complexity index is 514. The Morgan fingerprint density at radius 3 is 1.70 bits per heavy atom. The van der Waals surface area contributed by atoms with E-state index in [0.29, 0.717) is 12.8 Å². The van der Waals surface area contributed by atoms with Gasteiger partial charge in [-0.1, -0.05) is 38.2 Å². The Labute approximate surface area is 183 Å². The molecule has 0 N–H and O–H groups in total. The minimum absolute atomic E-state index is 0. The summed E-state index contributed by atoms with van der Waals surface area (Å²) in [6.07, 6.45) is 8.98. The number of imide groups is 1. The molecule has 0 aliphatic rings. The monoisotopic (exact) mass is 389 g/mol. The Hall–Kier alpha value is -1.44. The summed E-state index contributed by atoms with van der Waals surface area (Å²) in [6.45, 7) is 3.90. The van der Waals surface area contributed by atoms with E-state index in [1.807, 2.05) is 26.0 Å². The van der Waals surface area contributed by atoms with E-state index in [9.17, 15) is 24.3 Å². The molecule has 0 aliphatic heterocycles. The van der Waals surface area contributed by atoms with Gasteiger partial charge in [-0.3, -0.25) is 14.5 Å². The number of carbonyl (C=O) groups excluding carboxylic acids is 4. The van der Waals surface area contributed by atoms with Crippen LogP contribution < -0.4 is 34.7 Å². The van der Waals surface area contributed by atoms with Gasteiger partial charge in [0.15, 0.2) is 0 Å². The van der Waals surface area contributed by atoms with Crippen molar-refractivity contribution in [1.82, 2.24) is 4.90 Å². The summed E-state index contributed by atoms with van der Waals surface area (Å²) in [5.41, 5.74) is 0. The molecule has 146 valence electrons. The number of aliphatic carboxylic acids is 1. The number of hydrogen-bond donors (Lipinski definition) is 0. The first-order chi connectivity index (χ1) is 12.4. The molecule has 0 aromatic rings. The Morgan fingerprint density at radius 1 is 0.926 bits per heavy atom. The molecule has 0 saturated heterocycles. The van der Waals surface area contributed by atoms with Crippen LogP contribution in [0.15, 0.2) is 24.3 Å². The van der Waals surface area contributed by atoms with Crippen molar-refractivity contribution in [2.24, 2.45) is 0 Å². The van der Waals surface area contributed by atoms with Gasteiger partial charge in [-0.25, -0.2) is 4.79 Å². The summed E-state index contributed by atoms with van der Waals surface area (Å²) in [5.74, 6) is -3.70. The zero-order valence-electron chi connectivity index (χ0n) is 16.7. The standard InChI is InChI=1S/C19H29NO6.Na/c1-4-6-8-10-12-16(21)20(17(22)13-11-9-7-5-2)15(14-18(23)24)19(25)26-3;/h6-9,15H,4-5,10-14H2,1-3H3,(H,23,24);/q;+1/p-1/b8-6+,9-7+;. The molecule has 0 aliphatic carbocycles. The van der Waals surface area contributed by atoms with Crippen molar-refractivity contribution in [3.8, 4) is 0 Å². The SMILES string of the molecule is CC/C=C/CCC(=O)N(C(=O)CC/C=C/CC)C(CC(=O)[O-])C(=O)OC.[Na+]. The molecule has 1 atom stereocenters. The molecule has 0 aromatic carbocycles. The number of carboxylic acid groups (broad SMARTS) is 1. The van der Waals surface area contributed by atoms with Gasteiger partial charge in [-0.05, 0) is 25.7 Å². The topological polar surface area (TPSA) is 104 Å². The fraction of sp³-hybridized carbons (Fsp3) is 0.579. The van der Waals surface area contributed by atoms with E-state index in [-0.39, 0.29) is 42.4 Å². The van der Waals surface area contributed by atoms with E-state index < -0.39 is 36.2 Å². The van der Waals surface area contributed by atoms with Crippen molar-refractivity contribution < 1.29 is 58.6 Å². The molecule has 2 amide bonds. The van der Waals surface area contributed by atoms with E-state index in [1.54, 1.807) is 12.2 Å². The number of nitrogens with zero attached hydrogens (tertiary/aromatic N) is 1. The van der Waals surface area contributed by atoms with Crippen molar-refractivity contribution >= 4 is 23.8 Å². The zero-order chi connectivity index (χ0) is 19.9. The summed E-state index contributed by atoms with van der Waals surface area (Å²) in [6, 6.07) is -1.52. The first-order valence-electron chi connectivity index (χ1n) is 8.81. The van der Waals surface area contributed by atoms with Crippen LogP contribution in [0.3, 0.4) is 0 Å². The number of esters is 1. The predicted molar refractivity (Wildman–Crippen MR) is 94.6 cm³/mol. The number of rotatable bonds is 12. The fourth-order valence-corrected chi connectivity index (χ4v) is 2.28. The quantitative estimate of drug-likeness (QED) is 0.229. The molecule has 27 heavy (non-hydrogen) atoms. The van der Waals surface area contributed by atoms with Gasteiger partial charge in [0.25, 0.3) is 0 Å². The summed E-state index contributed by atoms with van der Waals surface area (Å²) in [7, 11) is 1.08. The third-order valence-corrected chi connectivity index (χ3v) is 3.54. The van der Waals surface area contributed by atoms with Crippen molar-refractivity contribution in [1.29, 1.82) is 0 Å². The predicted octanol–water partition coefficient (Wildman–Crippen LogP) is -1.48. The van der Waals surface area contributed by atoms with Crippen LogP contribution in [0.5, 0.6) is 0 Å². The van der Waals surface area contributed by atoms with E-state index in [2.05, 4.69) is 4.74 Å². The number of carbonyl (C=O) groups is 4. The summed E-state index contributed by atoms with van der Waals surface area (Å²) < 4.78 is 4.58. The van der Waals surface area contributed by atoms with Crippen LogP contribution in [-0.4, -0.2) is 41.8 Å². The molecule has 0 saturated carbocycles. The van der Waals surface area contributed by atoms with Crippen molar-refractivity contribution in [2.45, 2.75) is 64.8 Å². The molecule has 1 unspecified atom stereocenters. The number of hydrogen-bond acceptors (Lipinski definition) is 6. The summed E-state index contributed by atoms with van der Waals surface area (Å²) in [5, 5.41) is 11.0. The normalized spacial score (nSPS) is 11.8. The molecule has 0 rings (SSSR count). The van der Waals surface area contributed by atoms with Gasteiger partial charge in [0.2, 0.25) is 11.8 Å². The molecular formula is C19H28NNaO6. The van der Waals surface area contributed by atoms with Crippen LogP contribution in [0.1, 0.15) is 58.8 Å². The second-order valence-corrected chi connectivity index (χ2v) is 5.61. The third-order valence-electron chi connectivity index (χ3n) is 3.54. The van der Waals surface area contributed by atoms with E-state index in [4.69, 9.17) is 0 Å². The van der Waals surface area contributed by atoms with Gasteiger partial charge in [0, 0.05) is 25.2 Å². The maximum Gasteiger partial charge on any atom is 1.00 e. The Balaban J connectivity index is 0. The zero-order valence-corrected chi connectivity index (χ0v) is 18.7. The first kappa shape index (κ1) is 27.8. The number of carboxylic acids is 1. The van der Waals surface area contributed by atoms with Crippen LogP contribution >= 0.6 is 0 Å². The van der Waals surface area contributed by atoms with Crippen LogP contribution in [-0.2, 0) is 23.9 Å². The largest absolute Gasteiger partial charge is 1.00 e. The van der Waals surface area contributed by atoms with Gasteiger partial charge in [-0.15, -0.1) is 0 Å². The third kappa shape index (κ3) is 11.8. The molecule has 0 spiro atoms. The van der Waals surface area contributed by atoms with Crippen LogP contribution in [0.4, 0.5) is 0 Å². The summed E-state index contributed by atoms with van der Waals surface area (Å²) >= 11 is 0. The maximum absolute atomic E-state index is 12.5. The average molecular weight is 389 g/mol. The average Bonchev–Trinajstić information content (AvgIpc) is 2.60. The van der Waals surface area contributed by atoms with Gasteiger partial charge >= 0.3 is 35.5 Å².